The van der Waals surface area contributed by atoms with E-state index >= 15 is 0 Å². The predicted octanol–water partition coefficient (Wildman–Crippen LogP) is 3.35. The molecule has 0 spiro atoms. The van der Waals surface area contributed by atoms with Crippen molar-refractivity contribution < 1.29 is 19.1 Å². The molecule has 1 aliphatic rings. The lowest BCUT2D eigenvalue weighted by atomic mass is 9.66. The van der Waals surface area contributed by atoms with Gasteiger partial charge >= 0.3 is 12.0 Å². The molecule has 0 aromatic heterocycles. The van der Waals surface area contributed by atoms with Crippen LogP contribution in [0.3, 0.4) is 0 Å². The third-order valence-corrected chi connectivity index (χ3v) is 4.43. The average molecular weight is 359 g/mol. The van der Waals surface area contributed by atoms with E-state index in [-0.39, 0.29) is 11.8 Å². The molecular formula is C14H16BrFN2O3. The average Bonchev–Trinajstić information content (AvgIpc) is 2.36. The molecule has 0 aliphatic heterocycles. The topological polar surface area (TPSA) is 78.4 Å². The lowest BCUT2D eigenvalue weighted by Gasteiger charge is -2.40. The van der Waals surface area contributed by atoms with E-state index in [1.807, 2.05) is 0 Å². The summed E-state index contributed by atoms with van der Waals surface area (Å²) >= 11 is 3.22. The number of rotatable bonds is 5. The molecule has 1 aromatic rings. The van der Waals surface area contributed by atoms with Crippen LogP contribution in [0, 0.1) is 11.2 Å². The van der Waals surface area contributed by atoms with Crippen molar-refractivity contribution >= 4 is 33.6 Å². The Kier molecular flexibility index (Phi) is 4.82. The fourth-order valence-corrected chi connectivity index (χ4v) is 2.79. The number of carbonyl (C=O) groups excluding carboxylic acids is 1. The minimum absolute atomic E-state index is 0.0525. The van der Waals surface area contributed by atoms with Gasteiger partial charge in [-0.1, -0.05) is 6.42 Å². The van der Waals surface area contributed by atoms with E-state index in [4.69, 9.17) is 5.11 Å². The number of urea groups is 1. The summed E-state index contributed by atoms with van der Waals surface area (Å²) in [6.07, 6.45) is 2.62. The second-order valence-electron chi connectivity index (χ2n) is 5.36. The van der Waals surface area contributed by atoms with Crippen LogP contribution in [0.2, 0.25) is 0 Å². The summed E-state index contributed by atoms with van der Waals surface area (Å²) in [5.74, 6) is -1.31. The highest BCUT2D eigenvalue weighted by atomic mass is 79.9. The first-order chi connectivity index (χ1) is 9.90. The predicted molar refractivity (Wildman–Crippen MR) is 79.7 cm³/mol. The van der Waals surface area contributed by atoms with Crippen molar-refractivity contribution in [3.63, 3.8) is 0 Å². The first-order valence-electron chi connectivity index (χ1n) is 6.62. The van der Waals surface area contributed by atoms with Gasteiger partial charge in [-0.2, -0.15) is 0 Å². The van der Waals surface area contributed by atoms with E-state index in [1.54, 1.807) is 0 Å². The highest BCUT2D eigenvalue weighted by Gasteiger charge is 2.39. The minimum atomic E-state index is -0.857. The van der Waals surface area contributed by atoms with Gasteiger partial charge in [0.25, 0.3) is 0 Å². The van der Waals surface area contributed by atoms with Gasteiger partial charge in [-0.15, -0.1) is 0 Å². The molecule has 1 aliphatic carbocycles. The van der Waals surface area contributed by atoms with Gasteiger partial charge in [-0.3, -0.25) is 4.79 Å². The molecule has 1 aromatic carbocycles. The largest absolute Gasteiger partial charge is 0.481 e. The molecule has 0 saturated heterocycles. The maximum Gasteiger partial charge on any atom is 0.319 e. The van der Waals surface area contributed by atoms with Crippen molar-refractivity contribution in [3.8, 4) is 0 Å². The van der Waals surface area contributed by atoms with Crippen molar-refractivity contribution in [3.05, 3.63) is 28.5 Å². The van der Waals surface area contributed by atoms with Crippen LogP contribution < -0.4 is 10.6 Å². The van der Waals surface area contributed by atoms with Crippen molar-refractivity contribution in [2.24, 2.45) is 5.41 Å². The number of hydrogen-bond acceptors (Lipinski definition) is 2. The SMILES string of the molecule is O=C(O)CC1(CNC(=O)Nc2cc(F)ccc2Br)CCC1. The molecule has 0 bridgehead atoms. The number of hydrogen-bond donors (Lipinski definition) is 3. The van der Waals surface area contributed by atoms with Gasteiger partial charge in [0, 0.05) is 11.0 Å². The summed E-state index contributed by atoms with van der Waals surface area (Å²) in [7, 11) is 0. The highest BCUT2D eigenvalue weighted by molar-refractivity contribution is 9.10. The zero-order chi connectivity index (χ0) is 15.5. The summed E-state index contributed by atoms with van der Waals surface area (Å²) in [6, 6.07) is 3.52. The minimum Gasteiger partial charge on any atom is -0.481 e. The molecule has 1 fully saturated rings. The van der Waals surface area contributed by atoms with E-state index in [2.05, 4.69) is 26.6 Å². The fraction of sp³-hybridized carbons (Fsp3) is 0.429. The summed E-state index contributed by atoms with van der Waals surface area (Å²) in [5.41, 5.74) is -0.0177. The normalized spacial score (nSPS) is 15.9. The number of halogens is 2. The molecule has 2 rings (SSSR count). The van der Waals surface area contributed by atoms with Gasteiger partial charge in [-0.25, -0.2) is 9.18 Å². The van der Waals surface area contributed by atoms with E-state index in [1.165, 1.54) is 18.2 Å². The van der Waals surface area contributed by atoms with Crippen molar-refractivity contribution in [2.45, 2.75) is 25.7 Å². The Labute approximate surface area is 130 Å². The van der Waals surface area contributed by atoms with E-state index in [0.29, 0.717) is 16.7 Å². The molecule has 7 heteroatoms. The number of aliphatic carboxylic acids is 1. The summed E-state index contributed by atoms with van der Waals surface area (Å²) in [6.45, 7) is 0.304. The molecule has 0 heterocycles. The van der Waals surface area contributed by atoms with Gasteiger partial charge in [0.05, 0.1) is 12.1 Å². The summed E-state index contributed by atoms with van der Waals surface area (Å²) < 4.78 is 13.7. The Bertz CT molecular complexity index is 561. The van der Waals surface area contributed by atoms with Crippen LogP contribution in [0.1, 0.15) is 25.7 Å². The van der Waals surface area contributed by atoms with E-state index in [0.717, 1.165) is 19.3 Å². The van der Waals surface area contributed by atoms with E-state index in [9.17, 15) is 14.0 Å². The molecular weight excluding hydrogens is 343 g/mol. The third-order valence-electron chi connectivity index (χ3n) is 3.74. The van der Waals surface area contributed by atoms with Gasteiger partial charge in [0.1, 0.15) is 5.82 Å². The van der Waals surface area contributed by atoms with Crippen molar-refractivity contribution in [1.82, 2.24) is 5.32 Å². The fourth-order valence-electron chi connectivity index (χ4n) is 2.44. The molecule has 3 N–H and O–H groups in total. The second-order valence-corrected chi connectivity index (χ2v) is 6.21. The number of amides is 2. The molecule has 0 unspecified atom stereocenters. The number of carboxylic acids is 1. The Balaban J connectivity index is 1.90. The molecule has 0 radical (unpaired) electrons. The first-order valence-corrected chi connectivity index (χ1v) is 7.41. The Morgan fingerprint density at radius 3 is 2.67 bits per heavy atom. The highest BCUT2D eigenvalue weighted by Crippen LogP contribution is 2.43. The van der Waals surface area contributed by atoms with Gasteiger partial charge in [-0.05, 0) is 52.4 Å². The molecule has 0 atom stereocenters. The lowest BCUT2D eigenvalue weighted by molar-refractivity contribution is -0.141. The Hall–Kier alpha value is -1.63. The lowest BCUT2D eigenvalue weighted by Crippen LogP contribution is -2.44. The summed E-state index contributed by atoms with van der Waals surface area (Å²) in [4.78, 5) is 22.7. The summed E-state index contributed by atoms with van der Waals surface area (Å²) in [5, 5.41) is 14.1. The molecule has 2 amide bonds. The molecule has 1 saturated carbocycles. The third kappa shape index (κ3) is 4.17. The number of nitrogens with one attached hydrogen (secondary N) is 2. The number of carbonyl (C=O) groups is 2. The van der Waals surface area contributed by atoms with Crippen molar-refractivity contribution in [2.75, 3.05) is 11.9 Å². The van der Waals surface area contributed by atoms with Gasteiger partial charge in [0.2, 0.25) is 0 Å². The second kappa shape index (κ2) is 6.43. The quantitative estimate of drug-likeness (QED) is 0.754. The maximum atomic E-state index is 13.1. The smallest absolute Gasteiger partial charge is 0.319 e. The zero-order valence-electron chi connectivity index (χ0n) is 11.3. The van der Waals surface area contributed by atoms with Crippen LogP contribution in [0.4, 0.5) is 14.9 Å². The zero-order valence-corrected chi connectivity index (χ0v) is 12.9. The number of carboxylic acid groups (broad SMARTS) is 1. The molecule has 5 nitrogen and oxygen atoms in total. The number of benzene rings is 1. The van der Waals surface area contributed by atoms with Crippen LogP contribution in [0.5, 0.6) is 0 Å². The standard InChI is InChI=1S/C14H16BrFN2O3/c15-10-3-2-9(16)6-11(10)18-13(21)17-8-14(4-1-5-14)7-12(19)20/h2-3,6H,1,4-5,7-8H2,(H,19,20)(H2,17,18,21). The molecule has 21 heavy (non-hydrogen) atoms. The van der Waals surface area contributed by atoms with Gasteiger partial charge in [0.15, 0.2) is 0 Å². The van der Waals surface area contributed by atoms with Crippen LogP contribution in [-0.2, 0) is 4.79 Å². The Morgan fingerprint density at radius 1 is 1.38 bits per heavy atom. The monoisotopic (exact) mass is 358 g/mol. The maximum absolute atomic E-state index is 13.1. The van der Waals surface area contributed by atoms with Gasteiger partial charge < -0.3 is 15.7 Å². The van der Waals surface area contributed by atoms with E-state index < -0.39 is 17.8 Å². The Morgan fingerprint density at radius 2 is 2.10 bits per heavy atom. The van der Waals surface area contributed by atoms with Crippen LogP contribution in [0.25, 0.3) is 0 Å². The first kappa shape index (κ1) is 15.8. The van der Waals surface area contributed by atoms with Crippen molar-refractivity contribution in [1.29, 1.82) is 0 Å². The molecule has 114 valence electrons. The van der Waals surface area contributed by atoms with Crippen LogP contribution in [-0.4, -0.2) is 23.7 Å². The van der Waals surface area contributed by atoms with Crippen LogP contribution >= 0.6 is 15.9 Å². The number of anilines is 1. The van der Waals surface area contributed by atoms with Crippen LogP contribution in [0.15, 0.2) is 22.7 Å².